The average molecular weight is 236 g/mol. The number of rotatable bonds is 2. The minimum Gasteiger partial charge on any atom is -0.338 e. The van der Waals surface area contributed by atoms with Gasteiger partial charge < -0.3 is 5.32 Å². The van der Waals surface area contributed by atoms with Gasteiger partial charge in [0, 0.05) is 18.3 Å². The Morgan fingerprint density at radius 1 is 1.53 bits per heavy atom. The smallest absolute Gasteiger partial charge is 0.256 e. The van der Waals surface area contributed by atoms with Crippen molar-refractivity contribution in [2.45, 2.75) is 19.4 Å². The van der Waals surface area contributed by atoms with Gasteiger partial charge in [-0.3, -0.25) is 20.1 Å². The van der Waals surface area contributed by atoms with Crippen LogP contribution in [0.5, 0.6) is 0 Å². The van der Waals surface area contributed by atoms with Crippen molar-refractivity contribution in [2.75, 3.05) is 6.54 Å². The van der Waals surface area contributed by atoms with Crippen LogP contribution in [-0.4, -0.2) is 23.4 Å². The SMILES string of the molecule is CCN=C1NC(=O)C(C)(c2cncc(F)c2)N1. The van der Waals surface area contributed by atoms with Crippen LogP contribution in [0.4, 0.5) is 4.39 Å². The Labute approximate surface area is 98.2 Å². The molecule has 90 valence electrons. The largest absolute Gasteiger partial charge is 0.338 e. The summed E-state index contributed by atoms with van der Waals surface area (Å²) in [4.78, 5) is 19.7. The van der Waals surface area contributed by atoms with Gasteiger partial charge in [-0.1, -0.05) is 0 Å². The lowest BCUT2D eigenvalue weighted by Gasteiger charge is -2.20. The highest BCUT2D eigenvalue weighted by atomic mass is 19.1. The zero-order valence-corrected chi connectivity index (χ0v) is 9.62. The minimum absolute atomic E-state index is 0.267. The normalized spacial score (nSPS) is 25.8. The molecule has 1 aliphatic heterocycles. The molecule has 1 aromatic heterocycles. The maximum absolute atomic E-state index is 13.1. The van der Waals surface area contributed by atoms with Gasteiger partial charge >= 0.3 is 0 Å². The van der Waals surface area contributed by atoms with E-state index < -0.39 is 11.4 Å². The van der Waals surface area contributed by atoms with Gasteiger partial charge in [0.15, 0.2) is 5.96 Å². The van der Waals surface area contributed by atoms with Crippen LogP contribution >= 0.6 is 0 Å². The van der Waals surface area contributed by atoms with Crippen molar-refractivity contribution in [3.63, 3.8) is 0 Å². The van der Waals surface area contributed by atoms with Crippen molar-refractivity contribution in [1.82, 2.24) is 15.6 Å². The molecule has 1 atom stereocenters. The van der Waals surface area contributed by atoms with E-state index in [9.17, 15) is 9.18 Å². The van der Waals surface area contributed by atoms with Crippen LogP contribution in [-0.2, 0) is 10.3 Å². The third-order valence-electron chi connectivity index (χ3n) is 2.65. The molecular formula is C11H13FN4O. The summed E-state index contributed by atoms with van der Waals surface area (Å²) in [7, 11) is 0. The van der Waals surface area contributed by atoms with Crippen LogP contribution in [0.3, 0.4) is 0 Å². The number of hydrogen-bond donors (Lipinski definition) is 2. The summed E-state index contributed by atoms with van der Waals surface area (Å²) >= 11 is 0. The zero-order valence-electron chi connectivity index (χ0n) is 9.62. The van der Waals surface area contributed by atoms with Gasteiger partial charge in [-0.2, -0.15) is 0 Å². The number of halogens is 1. The van der Waals surface area contributed by atoms with Gasteiger partial charge in [0.05, 0.1) is 6.20 Å². The summed E-state index contributed by atoms with van der Waals surface area (Å²) in [6, 6.07) is 1.29. The van der Waals surface area contributed by atoms with E-state index in [1.165, 1.54) is 12.3 Å². The number of amides is 1. The Balaban J connectivity index is 2.37. The quantitative estimate of drug-likeness (QED) is 0.787. The van der Waals surface area contributed by atoms with E-state index in [1.54, 1.807) is 6.92 Å². The number of hydrogen-bond acceptors (Lipinski definition) is 3. The summed E-state index contributed by atoms with van der Waals surface area (Å²) in [6.45, 7) is 4.08. The lowest BCUT2D eigenvalue weighted by atomic mass is 9.94. The number of aromatic nitrogens is 1. The van der Waals surface area contributed by atoms with E-state index in [-0.39, 0.29) is 5.91 Å². The standard InChI is InChI=1S/C11H13FN4O/c1-3-14-10-15-9(17)11(2,16-10)7-4-8(12)6-13-5-7/h4-6H,3H2,1-2H3,(H2,14,15,16,17). The fraction of sp³-hybridized carbons (Fsp3) is 0.364. The first-order chi connectivity index (χ1) is 8.06. The molecule has 1 aliphatic rings. The van der Waals surface area contributed by atoms with E-state index in [4.69, 9.17) is 0 Å². The molecule has 2 rings (SSSR count). The van der Waals surface area contributed by atoms with Crippen LogP contribution in [0.2, 0.25) is 0 Å². The number of carbonyl (C=O) groups is 1. The third kappa shape index (κ3) is 1.98. The molecular weight excluding hydrogens is 223 g/mol. The topological polar surface area (TPSA) is 66.4 Å². The Morgan fingerprint density at radius 3 is 2.94 bits per heavy atom. The van der Waals surface area contributed by atoms with Crippen molar-refractivity contribution >= 4 is 11.9 Å². The molecule has 0 aliphatic carbocycles. The van der Waals surface area contributed by atoms with Crippen LogP contribution < -0.4 is 10.6 Å². The molecule has 1 fully saturated rings. The highest BCUT2D eigenvalue weighted by molar-refractivity contribution is 6.09. The highest BCUT2D eigenvalue weighted by Crippen LogP contribution is 2.23. The van der Waals surface area contributed by atoms with Gasteiger partial charge in [0.1, 0.15) is 11.4 Å². The summed E-state index contributed by atoms with van der Waals surface area (Å²) in [5.74, 6) is -0.333. The zero-order chi connectivity index (χ0) is 12.5. The molecule has 1 aromatic rings. The lowest BCUT2D eigenvalue weighted by Crippen LogP contribution is -2.40. The van der Waals surface area contributed by atoms with E-state index in [1.807, 2.05) is 6.92 Å². The minimum atomic E-state index is -1.02. The number of carbonyl (C=O) groups excluding carboxylic acids is 1. The molecule has 17 heavy (non-hydrogen) atoms. The molecule has 0 aromatic carbocycles. The van der Waals surface area contributed by atoms with Crippen LogP contribution in [0.15, 0.2) is 23.5 Å². The molecule has 6 heteroatoms. The lowest BCUT2D eigenvalue weighted by molar-refractivity contribution is -0.123. The van der Waals surface area contributed by atoms with E-state index in [0.717, 1.165) is 6.20 Å². The van der Waals surface area contributed by atoms with E-state index >= 15 is 0 Å². The average Bonchev–Trinajstić information content (AvgIpc) is 2.56. The molecule has 1 saturated heterocycles. The number of nitrogens with one attached hydrogen (secondary N) is 2. The van der Waals surface area contributed by atoms with Gasteiger partial charge in [0.25, 0.3) is 5.91 Å². The molecule has 0 spiro atoms. The molecule has 0 saturated carbocycles. The Kier molecular flexibility index (Phi) is 2.79. The molecule has 0 radical (unpaired) electrons. The van der Waals surface area contributed by atoms with Crippen LogP contribution in [0, 0.1) is 5.82 Å². The Morgan fingerprint density at radius 2 is 2.29 bits per heavy atom. The maximum atomic E-state index is 13.1. The van der Waals surface area contributed by atoms with Gasteiger partial charge in [-0.05, 0) is 19.9 Å². The first-order valence-electron chi connectivity index (χ1n) is 5.31. The van der Waals surface area contributed by atoms with Gasteiger partial charge in [-0.15, -0.1) is 0 Å². The first kappa shape index (κ1) is 11.5. The summed E-state index contributed by atoms with van der Waals surface area (Å²) in [6.07, 6.45) is 2.56. The Bertz CT molecular complexity index is 488. The first-order valence-corrected chi connectivity index (χ1v) is 5.31. The molecule has 5 nitrogen and oxygen atoms in total. The van der Waals surface area contributed by atoms with Crippen molar-refractivity contribution in [1.29, 1.82) is 0 Å². The maximum Gasteiger partial charge on any atom is 0.256 e. The van der Waals surface area contributed by atoms with E-state index in [0.29, 0.717) is 18.1 Å². The third-order valence-corrected chi connectivity index (χ3v) is 2.65. The van der Waals surface area contributed by atoms with Crippen molar-refractivity contribution in [3.8, 4) is 0 Å². The highest BCUT2D eigenvalue weighted by Gasteiger charge is 2.42. The van der Waals surface area contributed by atoms with Gasteiger partial charge in [0.2, 0.25) is 0 Å². The van der Waals surface area contributed by atoms with Gasteiger partial charge in [-0.25, -0.2) is 4.39 Å². The molecule has 0 bridgehead atoms. The molecule has 1 amide bonds. The predicted molar refractivity (Wildman–Crippen MR) is 60.8 cm³/mol. The second-order valence-electron chi connectivity index (χ2n) is 3.92. The van der Waals surface area contributed by atoms with Crippen molar-refractivity contribution < 1.29 is 9.18 Å². The van der Waals surface area contributed by atoms with Crippen LogP contribution in [0.1, 0.15) is 19.4 Å². The number of nitrogens with zero attached hydrogens (tertiary/aromatic N) is 2. The summed E-state index contributed by atoms with van der Waals surface area (Å²) < 4.78 is 13.1. The predicted octanol–water partition coefficient (Wildman–Crippen LogP) is 0.531. The fourth-order valence-electron chi connectivity index (χ4n) is 1.68. The van der Waals surface area contributed by atoms with Crippen molar-refractivity contribution in [3.05, 3.63) is 29.8 Å². The number of pyridine rings is 1. The Hall–Kier alpha value is -1.98. The van der Waals surface area contributed by atoms with Crippen molar-refractivity contribution in [2.24, 2.45) is 4.99 Å². The molecule has 2 heterocycles. The second-order valence-corrected chi connectivity index (χ2v) is 3.92. The summed E-state index contributed by atoms with van der Waals surface area (Å²) in [5.41, 5.74) is -0.556. The summed E-state index contributed by atoms with van der Waals surface area (Å²) in [5, 5.41) is 5.56. The number of aliphatic imine (C=N–C) groups is 1. The molecule has 1 unspecified atom stereocenters. The monoisotopic (exact) mass is 236 g/mol. The molecule has 2 N–H and O–H groups in total. The van der Waals surface area contributed by atoms with E-state index in [2.05, 4.69) is 20.6 Å². The second kappa shape index (κ2) is 4.12. The number of guanidine groups is 1. The van der Waals surface area contributed by atoms with Crippen LogP contribution in [0.25, 0.3) is 0 Å². The fourth-order valence-corrected chi connectivity index (χ4v) is 1.68.